The Balaban J connectivity index is 1.52. The minimum absolute atomic E-state index is 0.0157. The van der Waals surface area contributed by atoms with Crippen LogP contribution in [-0.2, 0) is 11.3 Å². The first-order chi connectivity index (χ1) is 12.1. The number of rotatable bonds is 6. The average molecular weight is 400 g/mol. The largest absolute Gasteiger partial charge is 0.497 e. The number of nitrogens with one attached hydrogen (secondary N) is 1. The molecule has 0 saturated carbocycles. The topological polar surface area (TPSA) is 47.6 Å². The van der Waals surface area contributed by atoms with E-state index in [1.54, 1.807) is 7.11 Å². The molecule has 4 nitrogen and oxygen atoms in total. The van der Waals surface area contributed by atoms with Crippen LogP contribution in [0.4, 0.5) is 0 Å². The molecule has 0 saturated heterocycles. The molecule has 0 spiro atoms. The van der Waals surface area contributed by atoms with E-state index in [9.17, 15) is 4.79 Å². The Hall–Kier alpha value is -2.53. The van der Waals surface area contributed by atoms with Crippen molar-refractivity contribution >= 4 is 32.6 Å². The molecule has 0 radical (unpaired) electrons. The highest BCUT2D eigenvalue weighted by molar-refractivity contribution is 9.10. The monoisotopic (exact) mass is 399 g/mol. The fourth-order valence-corrected chi connectivity index (χ4v) is 2.81. The number of halogens is 1. The Kier molecular flexibility index (Phi) is 5.56. The molecule has 0 bridgehead atoms. The van der Waals surface area contributed by atoms with E-state index in [1.165, 1.54) is 0 Å². The van der Waals surface area contributed by atoms with Gasteiger partial charge in [-0.15, -0.1) is 0 Å². The summed E-state index contributed by atoms with van der Waals surface area (Å²) in [5.41, 5.74) is 1.01. The van der Waals surface area contributed by atoms with E-state index >= 15 is 0 Å². The van der Waals surface area contributed by atoms with Crippen LogP contribution in [0.3, 0.4) is 0 Å². The van der Waals surface area contributed by atoms with Gasteiger partial charge in [-0.1, -0.05) is 40.2 Å². The number of carbonyl (C=O) groups is 1. The van der Waals surface area contributed by atoms with E-state index in [0.29, 0.717) is 12.3 Å². The number of hydrogen-bond donors (Lipinski definition) is 1. The number of methoxy groups -OCH3 is 1. The molecule has 0 aliphatic rings. The van der Waals surface area contributed by atoms with Crippen LogP contribution in [0.1, 0.15) is 5.56 Å². The Morgan fingerprint density at radius 1 is 0.960 bits per heavy atom. The van der Waals surface area contributed by atoms with Crippen molar-refractivity contribution < 1.29 is 14.3 Å². The molecule has 0 aromatic heterocycles. The molecular formula is C20H18BrNO3. The second-order valence-corrected chi connectivity index (χ2v) is 6.48. The van der Waals surface area contributed by atoms with Gasteiger partial charge in [-0.25, -0.2) is 0 Å². The number of benzene rings is 3. The summed E-state index contributed by atoms with van der Waals surface area (Å²) in [5, 5.41) is 5.03. The Labute approximate surface area is 154 Å². The van der Waals surface area contributed by atoms with Crippen molar-refractivity contribution in [2.24, 2.45) is 0 Å². The van der Waals surface area contributed by atoms with Crippen LogP contribution in [0.2, 0.25) is 0 Å². The predicted molar refractivity (Wildman–Crippen MR) is 102 cm³/mol. The van der Waals surface area contributed by atoms with E-state index in [1.807, 2.05) is 60.7 Å². The number of amides is 1. The maximum absolute atomic E-state index is 12.0. The molecule has 1 amide bonds. The third-order valence-corrected chi connectivity index (χ3v) is 4.29. The fourth-order valence-electron chi connectivity index (χ4n) is 2.43. The van der Waals surface area contributed by atoms with Gasteiger partial charge in [0.2, 0.25) is 0 Å². The Bertz CT molecular complexity index is 878. The van der Waals surface area contributed by atoms with Gasteiger partial charge in [-0.3, -0.25) is 4.79 Å². The summed E-state index contributed by atoms with van der Waals surface area (Å²) in [6.45, 7) is 0.441. The third kappa shape index (κ3) is 4.73. The molecule has 0 unspecified atom stereocenters. The number of hydrogen-bond acceptors (Lipinski definition) is 3. The average Bonchev–Trinajstić information content (AvgIpc) is 2.65. The lowest BCUT2D eigenvalue weighted by Gasteiger charge is -2.09. The fraction of sp³-hybridized carbons (Fsp3) is 0.150. The van der Waals surface area contributed by atoms with Gasteiger partial charge in [0.15, 0.2) is 6.61 Å². The van der Waals surface area contributed by atoms with E-state index in [-0.39, 0.29) is 12.5 Å². The highest BCUT2D eigenvalue weighted by Crippen LogP contribution is 2.24. The highest BCUT2D eigenvalue weighted by atomic mass is 79.9. The molecule has 3 rings (SSSR count). The lowest BCUT2D eigenvalue weighted by Crippen LogP contribution is -2.28. The first-order valence-electron chi connectivity index (χ1n) is 7.86. The van der Waals surface area contributed by atoms with Crippen molar-refractivity contribution in [2.75, 3.05) is 13.7 Å². The lowest BCUT2D eigenvalue weighted by atomic mass is 10.1. The Morgan fingerprint density at radius 2 is 1.64 bits per heavy atom. The zero-order valence-electron chi connectivity index (χ0n) is 13.8. The summed E-state index contributed by atoms with van der Waals surface area (Å²) < 4.78 is 11.7. The molecule has 25 heavy (non-hydrogen) atoms. The summed E-state index contributed by atoms with van der Waals surface area (Å²) in [6, 6.07) is 19.4. The molecular weight excluding hydrogens is 382 g/mol. The van der Waals surface area contributed by atoms with Gasteiger partial charge in [0.05, 0.1) is 7.11 Å². The molecule has 0 atom stereocenters. The van der Waals surface area contributed by atoms with E-state index in [0.717, 1.165) is 26.6 Å². The molecule has 3 aromatic carbocycles. The van der Waals surface area contributed by atoms with Crippen molar-refractivity contribution in [1.82, 2.24) is 5.32 Å². The van der Waals surface area contributed by atoms with Gasteiger partial charge in [-0.05, 0) is 52.7 Å². The first kappa shape index (κ1) is 17.3. The van der Waals surface area contributed by atoms with Crippen LogP contribution in [0, 0.1) is 0 Å². The van der Waals surface area contributed by atoms with Crippen LogP contribution < -0.4 is 14.8 Å². The number of carbonyl (C=O) groups excluding carboxylic acids is 1. The minimum Gasteiger partial charge on any atom is -0.497 e. The van der Waals surface area contributed by atoms with Gasteiger partial charge in [0.1, 0.15) is 11.5 Å². The van der Waals surface area contributed by atoms with Crippen molar-refractivity contribution in [3.63, 3.8) is 0 Å². The molecule has 0 fully saturated rings. The summed E-state index contributed by atoms with van der Waals surface area (Å²) in [7, 11) is 1.62. The maximum atomic E-state index is 12.0. The van der Waals surface area contributed by atoms with Gasteiger partial charge in [0, 0.05) is 11.0 Å². The van der Waals surface area contributed by atoms with E-state index in [2.05, 4.69) is 21.2 Å². The minimum atomic E-state index is -0.160. The quantitative estimate of drug-likeness (QED) is 0.671. The van der Waals surface area contributed by atoms with Crippen LogP contribution in [0.25, 0.3) is 10.8 Å². The summed E-state index contributed by atoms with van der Waals surface area (Å²) >= 11 is 3.45. The van der Waals surface area contributed by atoms with Crippen molar-refractivity contribution in [2.45, 2.75) is 6.54 Å². The zero-order valence-corrected chi connectivity index (χ0v) is 15.4. The van der Waals surface area contributed by atoms with Gasteiger partial charge in [0.25, 0.3) is 5.91 Å². The normalized spacial score (nSPS) is 10.5. The Morgan fingerprint density at radius 3 is 2.40 bits per heavy atom. The molecule has 1 N–H and O–H groups in total. The second-order valence-electron chi connectivity index (χ2n) is 5.57. The van der Waals surface area contributed by atoms with Crippen molar-refractivity contribution in [1.29, 1.82) is 0 Å². The molecule has 0 heterocycles. The summed E-state index contributed by atoms with van der Waals surface area (Å²) in [6.07, 6.45) is 0. The molecule has 0 aliphatic carbocycles. The maximum Gasteiger partial charge on any atom is 0.258 e. The van der Waals surface area contributed by atoms with Crippen molar-refractivity contribution in [3.8, 4) is 11.5 Å². The third-order valence-electron chi connectivity index (χ3n) is 3.79. The standard InChI is InChI=1S/C20H18BrNO3/c1-24-18-7-2-14(3-8-18)12-22-20(23)13-25-19-9-5-15-10-17(21)6-4-16(15)11-19/h2-11H,12-13H2,1H3,(H,22,23). The van der Waals surface area contributed by atoms with Crippen LogP contribution in [-0.4, -0.2) is 19.6 Å². The van der Waals surface area contributed by atoms with Gasteiger partial charge >= 0.3 is 0 Å². The molecule has 5 heteroatoms. The lowest BCUT2D eigenvalue weighted by molar-refractivity contribution is -0.123. The first-order valence-corrected chi connectivity index (χ1v) is 8.65. The molecule has 0 aliphatic heterocycles. The SMILES string of the molecule is COc1ccc(CNC(=O)COc2ccc3cc(Br)ccc3c2)cc1. The highest BCUT2D eigenvalue weighted by Gasteiger charge is 2.04. The predicted octanol–water partition coefficient (Wildman–Crippen LogP) is 4.31. The van der Waals surface area contributed by atoms with Crippen LogP contribution >= 0.6 is 15.9 Å². The van der Waals surface area contributed by atoms with Crippen LogP contribution in [0.5, 0.6) is 11.5 Å². The number of fused-ring (bicyclic) bond motifs is 1. The molecule has 128 valence electrons. The smallest absolute Gasteiger partial charge is 0.258 e. The van der Waals surface area contributed by atoms with Crippen molar-refractivity contribution in [3.05, 3.63) is 70.7 Å². The van der Waals surface area contributed by atoms with Crippen LogP contribution in [0.15, 0.2) is 65.1 Å². The number of ether oxygens (including phenoxy) is 2. The summed E-state index contributed by atoms with van der Waals surface area (Å²) in [5.74, 6) is 1.31. The molecule has 3 aromatic rings. The summed E-state index contributed by atoms with van der Waals surface area (Å²) in [4.78, 5) is 12.0. The second kappa shape index (κ2) is 8.03. The van der Waals surface area contributed by atoms with Gasteiger partial charge < -0.3 is 14.8 Å². The van der Waals surface area contributed by atoms with E-state index in [4.69, 9.17) is 9.47 Å². The van der Waals surface area contributed by atoms with E-state index < -0.39 is 0 Å². The van der Waals surface area contributed by atoms with Gasteiger partial charge in [-0.2, -0.15) is 0 Å². The zero-order chi connectivity index (χ0) is 17.6.